The van der Waals surface area contributed by atoms with Crippen LogP contribution in [-0.4, -0.2) is 39.9 Å². The largest absolute Gasteiger partial charge is 0.509 e. The Balaban J connectivity index is 2.82. The van der Waals surface area contributed by atoms with E-state index in [4.69, 9.17) is 15.8 Å². The third-order valence-electron chi connectivity index (χ3n) is 1.42. The van der Waals surface area contributed by atoms with Crippen molar-refractivity contribution in [2.24, 2.45) is 0 Å². The van der Waals surface area contributed by atoms with E-state index in [0.29, 0.717) is 0 Å². The fraction of sp³-hybridized carbons (Fsp3) is 0.333. The Bertz CT molecular complexity index is 374. The van der Waals surface area contributed by atoms with Crippen LogP contribution >= 0.6 is 0 Å². The molecule has 0 unspecified atom stereocenters. The van der Waals surface area contributed by atoms with E-state index < -0.39 is 25.8 Å². The van der Waals surface area contributed by atoms with Crippen molar-refractivity contribution in [3.63, 3.8) is 0 Å². The predicted octanol–water partition coefficient (Wildman–Crippen LogP) is -1.32. The first-order chi connectivity index (χ1) is 7.29. The standard InChI is InChI=1S/C6H7BF3N3O3/c8-6(9,10)2-16-5-4(11)12-1-3(13-5)7(14)15/h1,14-15H,2H2,(H2,11,12). The molecule has 10 heteroatoms. The first-order valence-electron chi connectivity index (χ1n) is 3.97. The molecule has 0 spiro atoms. The first-order valence-corrected chi connectivity index (χ1v) is 3.97. The van der Waals surface area contributed by atoms with Crippen LogP contribution in [0.5, 0.6) is 5.88 Å². The molecule has 0 radical (unpaired) electrons. The molecule has 1 rings (SSSR count). The summed E-state index contributed by atoms with van der Waals surface area (Å²) in [4.78, 5) is 6.77. The molecule has 0 aliphatic carbocycles. The van der Waals surface area contributed by atoms with Crippen molar-refractivity contribution in [1.29, 1.82) is 0 Å². The lowest BCUT2D eigenvalue weighted by Gasteiger charge is -2.10. The normalized spacial score (nSPS) is 11.3. The molecule has 16 heavy (non-hydrogen) atoms. The Kier molecular flexibility index (Phi) is 3.55. The van der Waals surface area contributed by atoms with Gasteiger partial charge in [-0.2, -0.15) is 13.2 Å². The van der Waals surface area contributed by atoms with Crippen LogP contribution in [0, 0.1) is 0 Å². The molecule has 0 fully saturated rings. The van der Waals surface area contributed by atoms with E-state index in [1.54, 1.807) is 0 Å². The number of hydrogen-bond donors (Lipinski definition) is 3. The zero-order valence-electron chi connectivity index (χ0n) is 7.77. The highest BCUT2D eigenvalue weighted by Crippen LogP contribution is 2.19. The van der Waals surface area contributed by atoms with Crippen LogP contribution in [0.25, 0.3) is 0 Å². The van der Waals surface area contributed by atoms with Gasteiger partial charge in [-0.15, -0.1) is 0 Å². The Labute approximate surface area is 88.0 Å². The van der Waals surface area contributed by atoms with Gasteiger partial charge in [-0.3, -0.25) is 0 Å². The van der Waals surface area contributed by atoms with Crippen LogP contribution < -0.4 is 16.1 Å². The molecule has 88 valence electrons. The van der Waals surface area contributed by atoms with E-state index >= 15 is 0 Å². The van der Waals surface area contributed by atoms with Gasteiger partial charge in [0.05, 0.1) is 5.59 Å². The maximum Gasteiger partial charge on any atom is 0.509 e. The Morgan fingerprint density at radius 1 is 1.44 bits per heavy atom. The third kappa shape index (κ3) is 3.55. The molecule has 1 aromatic heterocycles. The van der Waals surface area contributed by atoms with Crippen molar-refractivity contribution >= 4 is 18.5 Å². The van der Waals surface area contributed by atoms with E-state index in [0.717, 1.165) is 6.20 Å². The van der Waals surface area contributed by atoms with Crippen molar-refractivity contribution in [2.45, 2.75) is 6.18 Å². The highest BCUT2D eigenvalue weighted by Gasteiger charge is 2.29. The summed E-state index contributed by atoms with van der Waals surface area (Å²) in [5.41, 5.74) is 4.83. The molecule has 0 saturated carbocycles. The molecule has 4 N–H and O–H groups in total. The van der Waals surface area contributed by atoms with Crippen molar-refractivity contribution < 1.29 is 28.0 Å². The van der Waals surface area contributed by atoms with Gasteiger partial charge >= 0.3 is 13.3 Å². The minimum atomic E-state index is -4.54. The summed E-state index contributed by atoms with van der Waals surface area (Å²) in [5, 5.41) is 17.4. The molecular weight excluding hydrogens is 230 g/mol. The van der Waals surface area contributed by atoms with Gasteiger partial charge in [-0.1, -0.05) is 0 Å². The highest BCUT2D eigenvalue weighted by atomic mass is 19.4. The molecule has 1 aromatic rings. The van der Waals surface area contributed by atoms with Crippen molar-refractivity contribution in [3.8, 4) is 5.88 Å². The van der Waals surface area contributed by atoms with Crippen molar-refractivity contribution in [3.05, 3.63) is 6.20 Å². The lowest BCUT2D eigenvalue weighted by atomic mass is 9.87. The Morgan fingerprint density at radius 2 is 2.06 bits per heavy atom. The van der Waals surface area contributed by atoms with Gasteiger partial charge < -0.3 is 20.5 Å². The second-order valence-corrected chi connectivity index (χ2v) is 2.76. The Hall–Kier alpha value is -1.55. The molecule has 1 heterocycles. The SMILES string of the molecule is Nc1ncc(B(O)O)nc1OCC(F)(F)F. The number of alkyl halides is 3. The van der Waals surface area contributed by atoms with Gasteiger partial charge in [0, 0.05) is 6.20 Å². The molecule has 0 amide bonds. The fourth-order valence-electron chi connectivity index (χ4n) is 0.775. The topological polar surface area (TPSA) is 101 Å². The molecule has 0 aromatic carbocycles. The number of hydrogen-bond acceptors (Lipinski definition) is 6. The van der Waals surface area contributed by atoms with E-state index in [9.17, 15) is 13.2 Å². The van der Waals surface area contributed by atoms with Gasteiger partial charge in [-0.05, 0) is 0 Å². The molecule has 0 saturated heterocycles. The number of nitrogens with two attached hydrogens (primary N) is 1. The van der Waals surface area contributed by atoms with Crippen LogP contribution in [0.15, 0.2) is 6.20 Å². The van der Waals surface area contributed by atoms with Gasteiger partial charge in [-0.25, -0.2) is 9.97 Å². The molecule has 0 aliphatic rings. The summed E-state index contributed by atoms with van der Waals surface area (Å²) in [6, 6.07) is 0. The van der Waals surface area contributed by atoms with Gasteiger partial charge in [0.2, 0.25) is 0 Å². The summed E-state index contributed by atoms with van der Waals surface area (Å²) < 4.78 is 39.7. The molecular formula is C6H7BF3N3O3. The van der Waals surface area contributed by atoms with Crippen LogP contribution in [0.2, 0.25) is 0 Å². The number of nitrogen functional groups attached to an aromatic ring is 1. The van der Waals surface area contributed by atoms with Crippen LogP contribution in [0.3, 0.4) is 0 Å². The summed E-state index contributed by atoms with van der Waals surface area (Å²) in [6.07, 6.45) is -3.62. The average Bonchev–Trinajstić information content (AvgIpc) is 2.14. The summed E-state index contributed by atoms with van der Waals surface area (Å²) in [7, 11) is -1.96. The van der Waals surface area contributed by atoms with Crippen molar-refractivity contribution in [2.75, 3.05) is 12.3 Å². The predicted molar refractivity (Wildman–Crippen MR) is 47.8 cm³/mol. The minimum Gasteiger partial charge on any atom is -0.465 e. The number of anilines is 1. The molecule has 0 atom stereocenters. The lowest BCUT2D eigenvalue weighted by molar-refractivity contribution is -0.153. The summed E-state index contributed by atoms with van der Waals surface area (Å²) >= 11 is 0. The maximum atomic E-state index is 11.8. The number of nitrogens with zero attached hydrogens (tertiary/aromatic N) is 2. The summed E-state index contributed by atoms with van der Waals surface area (Å²) in [5.74, 6) is -0.962. The maximum absolute atomic E-state index is 11.8. The average molecular weight is 237 g/mol. The van der Waals surface area contributed by atoms with Crippen LogP contribution in [0.4, 0.5) is 19.0 Å². The molecule has 6 nitrogen and oxygen atoms in total. The smallest absolute Gasteiger partial charge is 0.465 e. The first kappa shape index (κ1) is 12.5. The van der Waals surface area contributed by atoms with E-state index in [-0.39, 0.29) is 11.4 Å². The van der Waals surface area contributed by atoms with Gasteiger partial charge in [0.15, 0.2) is 12.4 Å². The van der Waals surface area contributed by atoms with Crippen LogP contribution in [-0.2, 0) is 0 Å². The van der Waals surface area contributed by atoms with E-state index in [1.165, 1.54) is 0 Å². The highest BCUT2D eigenvalue weighted by molar-refractivity contribution is 6.57. The number of aromatic nitrogens is 2. The van der Waals surface area contributed by atoms with Gasteiger partial charge in [0.25, 0.3) is 5.88 Å². The minimum absolute atomic E-state index is 0.355. The lowest BCUT2D eigenvalue weighted by Crippen LogP contribution is -2.34. The zero-order valence-corrected chi connectivity index (χ0v) is 7.77. The number of rotatable bonds is 3. The third-order valence-corrected chi connectivity index (χ3v) is 1.42. The summed E-state index contributed by atoms with van der Waals surface area (Å²) in [6.45, 7) is -1.59. The second kappa shape index (κ2) is 4.53. The number of halogens is 3. The van der Waals surface area contributed by atoms with Crippen molar-refractivity contribution in [1.82, 2.24) is 9.97 Å². The second-order valence-electron chi connectivity index (χ2n) is 2.76. The Morgan fingerprint density at radius 3 is 2.56 bits per heavy atom. The fourth-order valence-corrected chi connectivity index (χ4v) is 0.775. The molecule has 0 aliphatic heterocycles. The van der Waals surface area contributed by atoms with E-state index in [2.05, 4.69) is 14.7 Å². The number of ether oxygens (including phenoxy) is 1. The monoisotopic (exact) mass is 237 g/mol. The quantitative estimate of drug-likeness (QED) is 0.563. The van der Waals surface area contributed by atoms with Crippen LogP contribution in [0.1, 0.15) is 0 Å². The zero-order chi connectivity index (χ0) is 12.3. The van der Waals surface area contributed by atoms with E-state index in [1.807, 2.05) is 0 Å². The van der Waals surface area contributed by atoms with Gasteiger partial charge in [0.1, 0.15) is 0 Å². The molecule has 0 bridgehead atoms.